The number of rotatable bonds is 6. The number of hydrogen-bond acceptors (Lipinski definition) is 3. The van der Waals surface area contributed by atoms with E-state index in [4.69, 9.17) is 14.4 Å². The van der Waals surface area contributed by atoms with Gasteiger partial charge >= 0.3 is 0 Å². The van der Waals surface area contributed by atoms with E-state index in [-0.39, 0.29) is 0 Å². The van der Waals surface area contributed by atoms with Crippen LogP contribution in [-0.4, -0.2) is 9.97 Å². The maximum absolute atomic E-state index is 6.06. The molecule has 2 aromatic heterocycles. The van der Waals surface area contributed by atoms with Crippen LogP contribution >= 0.6 is 0 Å². The molecule has 10 aromatic carbocycles. The molecular formula is C58H36N2O. The number of hydrogen-bond donors (Lipinski definition) is 0. The van der Waals surface area contributed by atoms with Gasteiger partial charge in [0.25, 0.3) is 0 Å². The second-order valence-electron chi connectivity index (χ2n) is 15.7. The van der Waals surface area contributed by atoms with Crippen LogP contribution in [0.5, 0.6) is 0 Å². The van der Waals surface area contributed by atoms with Gasteiger partial charge in [-0.2, -0.15) is 0 Å². The normalized spacial score (nSPS) is 11.6. The Balaban J connectivity index is 0.859. The van der Waals surface area contributed by atoms with Crippen molar-refractivity contribution >= 4 is 54.3 Å². The Hall–Kier alpha value is -8.14. The van der Waals surface area contributed by atoms with E-state index in [0.717, 1.165) is 66.7 Å². The summed E-state index contributed by atoms with van der Waals surface area (Å²) >= 11 is 0. The van der Waals surface area contributed by atoms with Crippen LogP contribution in [-0.2, 0) is 0 Å². The minimum atomic E-state index is 0.701. The molecule has 0 aliphatic rings. The average molecular weight is 777 g/mol. The standard InChI is InChI=1S/C58H36N2O/c1-2-10-43(11-3-1)58-59-54(41-26-22-38(23-27-41)37-18-20-39(21-19-37)45-31-33-57-53(35-45)51-16-8-9-17-56(51)61-57)36-55(60-58)42-28-24-40(25-29-42)44-30-32-50-48-14-5-4-12-46(48)47-13-6-7-15-49(47)52(50)34-44/h1-36H. The molecular weight excluding hydrogens is 741 g/mol. The summed E-state index contributed by atoms with van der Waals surface area (Å²) in [6.45, 7) is 0. The Morgan fingerprint density at radius 2 is 0.607 bits per heavy atom. The largest absolute Gasteiger partial charge is 0.456 e. The second-order valence-corrected chi connectivity index (χ2v) is 15.7. The molecule has 0 saturated carbocycles. The van der Waals surface area contributed by atoms with Crippen molar-refractivity contribution in [3.05, 3.63) is 218 Å². The minimum Gasteiger partial charge on any atom is -0.456 e. The zero-order valence-electron chi connectivity index (χ0n) is 33.1. The smallest absolute Gasteiger partial charge is 0.160 e. The molecule has 2 heterocycles. The highest BCUT2D eigenvalue weighted by Gasteiger charge is 2.14. The van der Waals surface area contributed by atoms with Gasteiger partial charge in [0.2, 0.25) is 0 Å². The van der Waals surface area contributed by atoms with Crippen LogP contribution in [0.1, 0.15) is 0 Å². The van der Waals surface area contributed by atoms with E-state index in [2.05, 4.69) is 188 Å². The maximum atomic E-state index is 6.06. The summed E-state index contributed by atoms with van der Waals surface area (Å²) in [5.41, 5.74) is 13.6. The first-order chi connectivity index (χ1) is 30.2. The lowest BCUT2D eigenvalue weighted by Crippen LogP contribution is -1.96. The molecule has 0 radical (unpaired) electrons. The lowest BCUT2D eigenvalue weighted by molar-refractivity contribution is 0.669. The van der Waals surface area contributed by atoms with Crippen molar-refractivity contribution in [3.63, 3.8) is 0 Å². The summed E-state index contributed by atoms with van der Waals surface area (Å²) in [5, 5.41) is 9.95. The van der Waals surface area contributed by atoms with Crippen molar-refractivity contribution < 1.29 is 4.42 Å². The highest BCUT2D eigenvalue weighted by molar-refractivity contribution is 6.25. The first kappa shape index (κ1) is 34.9. The lowest BCUT2D eigenvalue weighted by atomic mass is 9.92. The third-order valence-corrected chi connectivity index (χ3v) is 12.1. The number of para-hydroxylation sites is 1. The summed E-state index contributed by atoms with van der Waals surface area (Å²) in [7, 11) is 0. The molecule has 0 fully saturated rings. The Kier molecular flexibility index (Phi) is 8.17. The first-order valence-electron chi connectivity index (χ1n) is 20.7. The van der Waals surface area contributed by atoms with Crippen LogP contribution in [0.15, 0.2) is 223 Å². The molecule has 0 bridgehead atoms. The summed E-state index contributed by atoms with van der Waals surface area (Å²) in [4.78, 5) is 10.2. The average Bonchev–Trinajstić information content (AvgIpc) is 3.72. The maximum Gasteiger partial charge on any atom is 0.160 e. The Labute approximate surface area is 352 Å². The van der Waals surface area contributed by atoms with E-state index in [0.29, 0.717) is 5.82 Å². The first-order valence-corrected chi connectivity index (χ1v) is 20.7. The van der Waals surface area contributed by atoms with E-state index in [9.17, 15) is 0 Å². The summed E-state index contributed by atoms with van der Waals surface area (Å²) in [6.07, 6.45) is 0. The fourth-order valence-electron chi connectivity index (χ4n) is 8.97. The Bertz CT molecular complexity index is 3570. The molecule has 0 atom stereocenters. The van der Waals surface area contributed by atoms with E-state index in [1.165, 1.54) is 49.0 Å². The molecule has 0 N–H and O–H groups in total. The van der Waals surface area contributed by atoms with Crippen molar-refractivity contribution in [2.45, 2.75) is 0 Å². The molecule has 0 spiro atoms. The predicted octanol–water partition coefficient (Wildman–Crippen LogP) is 15.8. The zero-order valence-corrected chi connectivity index (χ0v) is 33.1. The van der Waals surface area contributed by atoms with Crippen molar-refractivity contribution in [3.8, 4) is 67.3 Å². The number of benzene rings is 10. The third kappa shape index (κ3) is 6.14. The topological polar surface area (TPSA) is 38.9 Å². The predicted molar refractivity (Wildman–Crippen MR) is 254 cm³/mol. The van der Waals surface area contributed by atoms with Crippen LogP contribution in [0.4, 0.5) is 0 Å². The molecule has 12 rings (SSSR count). The highest BCUT2D eigenvalue weighted by Crippen LogP contribution is 2.38. The van der Waals surface area contributed by atoms with Gasteiger partial charge in [-0.3, -0.25) is 0 Å². The Morgan fingerprint density at radius 3 is 1.16 bits per heavy atom. The van der Waals surface area contributed by atoms with Crippen LogP contribution in [0.2, 0.25) is 0 Å². The summed E-state index contributed by atoms with van der Waals surface area (Å²) in [6, 6.07) is 77.6. The molecule has 0 unspecified atom stereocenters. The van der Waals surface area contributed by atoms with Crippen LogP contribution in [0.3, 0.4) is 0 Å². The number of fused-ring (bicyclic) bond motifs is 9. The van der Waals surface area contributed by atoms with Gasteiger partial charge in [0.1, 0.15) is 11.2 Å². The van der Waals surface area contributed by atoms with Gasteiger partial charge in [-0.25, -0.2) is 9.97 Å². The molecule has 3 heteroatoms. The third-order valence-electron chi connectivity index (χ3n) is 12.1. The monoisotopic (exact) mass is 776 g/mol. The van der Waals surface area contributed by atoms with Crippen molar-refractivity contribution in [1.82, 2.24) is 9.97 Å². The molecule has 12 aromatic rings. The highest BCUT2D eigenvalue weighted by atomic mass is 16.3. The fourth-order valence-corrected chi connectivity index (χ4v) is 8.97. The van der Waals surface area contributed by atoms with Gasteiger partial charge in [0, 0.05) is 27.5 Å². The molecule has 0 aliphatic carbocycles. The number of furan rings is 1. The molecule has 0 saturated heterocycles. The van der Waals surface area contributed by atoms with Crippen LogP contribution < -0.4 is 0 Å². The van der Waals surface area contributed by atoms with E-state index >= 15 is 0 Å². The molecule has 284 valence electrons. The quantitative estimate of drug-likeness (QED) is 0.158. The molecule has 0 amide bonds. The van der Waals surface area contributed by atoms with Crippen LogP contribution in [0, 0.1) is 0 Å². The SMILES string of the molecule is c1ccc(-c2nc(-c3ccc(-c4ccc(-c5ccc6oc7ccccc7c6c5)cc4)cc3)cc(-c3ccc(-c4ccc5c6ccccc6c6ccccc6c5c4)cc3)n2)cc1. The Morgan fingerprint density at radius 1 is 0.230 bits per heavy atom. The van der Waals surface area contributed by atoms with Gasteiger partial charge in [0.05, 0.1) is 11.4 Å². The van der Waals surface area contributed by atoms with E-state index < -0.39 is 0 Å². The van der Waals surface area contributed by atoms with Gasteiger partial charge in [-0.15, -0.1) is 0 Å². The van der Waals surface area contributed by atoms with E-state index in [1.54, 1.807) is 0 Å². The van der Waals surface area contributed by atoms with Gasteiger partial charge in [-0.05, 0) is 96.0 Å². The number of aromatic nitrogens is 2. The van der Waals surface area contributed by atoms with Crippen molar-refractivity contribution in [2.75, 3.05) is 0 Å². The minimum absolute atomic E-state index is 0.701. The lowest BCUT2D eigenvalue weighted by Gasteiger charge is -2.13. The van der Waals surface area contributed by atoms with Gasteiger partial charge in [-0.1, -0.05) is 188 Å². The summed E-state index contributed by atoms with van der Waals surface area (Å²) in [5.74, 6) is 0.701. The molecule has 3 nitrogen and oxygen atoms in total. The summed E-state index contributed by atoms with van der Waals surface area (Å²) < 4.78 is 6.06. The van der Waals surface area contributed by atoms with Gasteiger partial charge in [0.15, 0.2) is 5.82 Å². The fraction of sp³-hybridized carbons (Fsp3) is 0. The molecule has 0 aliphatic heterocycles. The zero-order chi connectivity index (χ0) is 40.3. The van der Waals surface area contributed by atoms with Crippen molar-refractivity contribution in [1.29, 1.82) is 0 Å². The van der Waals surface area contributed by atoms with Crippen molar-refractivity contribution in [2.24, 2.45) is 0 Å². The second kappa shape index (κ2) is 14.3. The van der Waals surface area contributed by atoms with Gasteiger partial charge < -0.3 is 4.42 Å². The van der Waals surface area contributed by atoms with E-state index in [1.807, 2.05) is 30.3 Å². The van der Waals surface area contributed by atoms with Crippen LogP contribution in [0.25, 0.3) is 122 Å². The number of nitrogens with zero attached hydrogens (tertiary/aromatic N) is 2. The molecule has 61 heavy (non-hydrogen) atoms.